The van der Waals surface area contributed by atoms with Crippen LogP contribution in [-0.2, 0) is 17.8 Å². The average Bonchev–Trinajstić information content (AvgIpc) is 3.25. The number of carbonyl (C=O) groups is 1. The standard InChI is InChI=1S/C16H16N4O3/c21-14(18-11-12-4-2-8-17-10-12)6-1-7-15-19-16(20-23-15)13-5-3-9-22-13/h2-5,8-10H,1,6-7,11H2,(H,18,21). The number of hydrogen-bond donors (Lipinski definition) is 1. The highest BCUT2D eigenvalue weighted by atomic mass is 16.5. The van der Waals surface area contributed by atoms with Gasteiger partial charge in [-0.05, 0) is 30.2 Å². The third-order valence-electron chi connectivity index (χ3n) is 3.22. The Kier molecular flexibility index (Phi) is 4.78. The summed E-state index contributed by atoms with van der Waals surface area (Å²) in [7, 11) is 0. The molecule has 0 unspecified atom stereocenters. The summed E-state index contributed by atoms with van der Waals surface area (Å²) in [5.74, 6) is 1.47. The van der Waals surface area contributed by atoms with Gasteiger partial charge in [0.05, 0.1) is 6.26 Å². The van der Waals surface area contributed by atoms with E-state index >= 15 is 0 Å². The van der Waals surface area contributed by atoms with Crippen molar-refractivity contribution in [2.75, 3.05) is 0 Å². The lowest BCUT2D eigenvalue weighted by atomic mass is 10.2. The van der Waals surface area contributed by atoms with E-state index in [1.165, 1.54) is 0 Å². The fraction of sp³-hybridized carbons (Fsp3) is 0.250. The van der Waals surface area contributed by atoms with Gasteiger partial charge in [-0.1, -0.05) is 11.2 Å². The molecule has 3 heterocycles. The van der Waals surface area contributed by atoms with Gasteiger partial charge in [0.15, 0.2) is 5.76 Å². The maximum atomic E-state index is 11.8. The molecule has 7 nitrogen and oxygen atoms in total. The third-order valence-corrected chi connectivity index (χ3v) is 3.22. The number of pyridine rings is 1. The molecule has 7 heteroatoms. The van der Waals surface area contributed by atoms with Crippen LogP contribution in [0.3, 0.4) is 0 Å². The number of nitrogens with one attached hydrogen (secondary N) is 1. The Morgan fingerprint density at radius 3 is 3.00 bits per heavy atom. The topological polar surface area (TPSA) is 94.0 Å². The van der Waals surface area contributed by atoms with Crippen molar-refractivity contribution in [1.29, 1.82) is 0 Å². The molecule has 0 aliphatic carbocycles. The van der Waals surface area contributed by atoms with E-state index in [0.717, 1.165) is 5.56 Å². The molecule has 0 aliphatic rings. The van der Waals surface area contributed by atoms with E-state index in [1.54, 1.807) is 30.8 Å². The SMILES string of the molecule is O=C(CCCc1nc(-c2ccco2)no1)NCc1cccnc1. The van der Waals surface area contributed by atoms with Gasteiger partial charge < -0.3 is 14.3 Å². The van der Waals surface area contributed by atoms with Crippen molar-refractivity contribution in [3.63, 3.8) is 0 Å². The minimum atomic E-state index is -0.0142. The van der Waals surface area contributed by atoms with Gasteiger partial charge in [0.1, 0.15) is 0 Å². The number of amides is 1. The van der Waals surface area contributed by atoms with Gasteiger partial charge >= 0.3 is 0 Å². The van der Waals surface area contributed by atoms with Crippen LogP contribution in [0, 0.1) is 0 Å². The normalized spacial score (nSPS) is 10.6. The van der Waals surface area contributed by atoms with Crippen LogP contribution in [0.4, 0.5) is 0 Å². The lowest BCUT2D eigenvalue weighted by Crippen LogP contribution is -2.22. The molecule has 0 aliphatic heterocycles. The largest absolute Gasteiger partial charge is 0.461 e. The number of furan rings is 1. The highest BCUT2D eigenvalue weighted by Crippen LogP contribution is 2.16. The summed E-state index contributed by atoms with van der Waals surface area (Å²) in [6.45, 7) is 0.482. The first-order valence-electron chi connectivity index (χ1n) is 7.33. The first-order chi connectivity index (χ1) is 11.3. The van der Waals surface area contributed by atoms with E-state index in [9.17, 15) is 4.79 Å². The van der Waals surface area contributed by atoms with Crippen molar-refractivity contribution in [3.8, 4) is 11.6 Å². The van der Waals surface area contributed by atoms with Crippen molar-refractivity contribution in [3.05, 3.63) is 54.4 Å². The molecule has 23 heavy (non-hydrogen) atoms. The van der Waals surface area contributed by atoms with Crippen molar-refractivity contribution in [2.24, 2.45) is 0 Å². The van der Waals surface area contributed by atoms with Crippen LogP contribution in [0.1, 0.15) is 24.3 Å². The molecule has 0 fully saturated rings. The summed E-state index contributed by atoms with van der Waals surface area (Å²) in [6, 6.07) is 7.29. The fourth-order valence-electron chi connectivity index (χ4n) is 2.05. The maximum Gasteiger partial charge on any atom is 0.238 e. The van der Waals surface area contributed by atoms with Crippen molar-refractivity contribution < 1.29 is 13.7 Å². The average molecular weight is 312 g/mol. The predicted octanol–water partition coefficient (Wildman–Crippen LogP) is 2.36. The van der Waals surface area contributed by atoms with Crippen molar-refractivity contribution in [1.82, 2.24) is 20.4 Å². The zero-order valence-corrected chi connectivity index (χ0v) is 12.4. The molecule has 1 N–H and O–H groups in total. The molecule has 118 valence electrons. The molecule has 0 radical (unpaired) electrons. The van der Waals surface area contributed by atoms with Gasteiger partial charge in [-0.25, -0.2) is 0 Å². The first-order valence-corrected chi connectivity index (χ1v) is 7.33. The Balaban J connectivity index is 1.40. The second-order valence-electron chi connectivity index (χ2n) is 4.98. The smallest absolute Gasteiger partial charge is 0.238 e. The van der Waals surface area contributed by atoms with E-state index in [0.29, 0.717) is 43.3 Å². The maximum absolute atomic E-state index is 11.8. The summed E-state index contributed by atoms with van der Waals surface area (Å²) in [5, 5.41) is 6.70. The van der Waals surface area contributed by atoms with Gasteiger partial charge in [0, 0.05) is 31.8 Å². The van der Waals surface area contributed by atoms with Gasteiger partial charge in [0.2, 0.25) is 17.6 Å². The molecule has 0 bridgehead atoms. The minimum Gasteiger partial charge on any atom is -0.461 e. The van der Waals surface area contributed by atoms with E-state index in [-0.39, 0.29) is 5.91 Å². The molecule has 0 aromatic carbocycles. The predicted molar refractivity (Wildman–Crippen MR) is 81.0 cm³/mol. The monoisotopic (exact) mass is 312 g/mol. The Morgan fingerprint density at radius 1 is 1.26 bits per heavy atom. The Labute approximate surface area is 132 Å². The van der Waals surface area contributed by atoms with Crippen LogP contribution in [0.15, 0.2) is 51.9 Å². The Hall–Kier alpha value is -2.96. The van der Waals surface area contributed by atoms with Crippen LogP contribution in [0.5, 0.6) is 0 Å². The minimum absolute atomic E-state index is 0.0142. The number of carbonyl (C=O) groups excluding carboxylic acids is 1. The second kappa shape index (κ2) is 7.35. The molecule has 0 spiro atoms. The number of rotatable bonds is 7. The van der Waals surface area contributed by atoms with E-state index in [1.807, 2.05) is 12.1 Å². The van der Waals surface area contributed by atoms with Crippen LogP contribution >= 0.6 is 0 Å². The van der Waals surface area contributed by atoms with Crippen molar-refractivity contribution >= 4 is 5.91 Å². The molecule has 0 saturated carbocycles. The van der Waals surface area contributed by atoms with Gasteiger partial charge in [-0.2, -0.15) is 4.98 Å². The highest BCUT2D eigenvalue weighted by Gasteiger charge is 2.11. The summed E-state index contributed by atoms with van der Waals surface area (Å²) in [5.41, 5.74) is 0.973. The first kappa shape index (κ1) is 15.0. The summed E-state index contributed by atoms with van der Waals surface area (Å²) in [4.78, 5) is 20.0. The van der Waals surface area contributed by atoms with Crippen LogP contribution in [-0.4, -0.2) is 21.0 Å². The quantitative estimate of drug-likeness (QED) is 0.719. The van der Waals surface area contributed by atoms with Crippen LogP contribution < -0.4 is 5.32 Å². The number of hydrogen-bond acceptors (Lipinski definition) is 6. The Bertz CT molecular complexity index is 738. The van der Waals surface area contributed by atoms with Gasteiger partial charge in [-0.3, -0.25) is 9.78 Å². The number of aromatic nitrogens is 3. The third kappa shape index (κ3) is 4.26. The number of nitrogens with zero attached hydrogens (tertiary/aromatic N) is 3. The van der Waals surface area contributed by atoms with Crippen LogP contribution in [0.25, 0.3) is 11.6 Å². The molecular weight excluding hydrogens is 296 g/mol. The lowest BCUT2D eigenvalue weighted by Gasteiger charge is -2.04. The molecular formula is C16H16N4O3. The Morgan fingerprint density at radius 2 is 2.22 bits per heavy atom. The molecule has 1 amide bonds. The highest BCUT2D eigenvalue weighted by molar-refractivity contribution is 5.75. The van der Waals surface area contributed by atoms with Crippen molar-refractivity contribution in [2.45, 2.75) is 25.8 Å². The molecule has 0 atom stereocenters. The molecule has 3 aromatic heterocycles. The number of aryl methyl sites for hydroxylation is 1. The lowest BCUT2D eigenvalue weighted by molar-refractivity contribution is -0.121. The zero-order chi connectivity index (χ0) is 15.9. The molecule has 3 rings (SSSR count). The molecule has 0 saturated heterocycles. The van der Waals surface area contributed by atoms with E-state index in [2.05, 4.69) is 20.4 Å². The zero-order valence-electron chi connectivity index (χ0n) is 12.4. The van der Waals surface area contributed by atoms with Gasteiger partial charge in [-0.15, -0.1) is 0 Å². The second-order valence-corrected chi connectivity index (χ2v) is 4.98. The van der Waals surface area contributed by atoms with Crippen LogP contribution in [0.2, 0.25) is 0 Å². The summed E-state index contributed by atoms with van der Waals surface area (Å²) < 4.78 is 10.3. The van der Waals surface area contributed by atoms with E-state index in [4.69, 9.17) is 8.94 Å². The summed E-state index contributed by atoms with van der Waals surface area (Å²) in [6.07, 6.45) is 6.57. The van der Waals surface area contributed by atoms with Gasteiger partial charge in [0.25, 0.3) is 0 Å². The molecule has 3 aromatic rings. The summed E-state index contributed by atoms with van der Waals surface area (Å²) >= 11 is 0. The fourth-order valence-corrected chi connectivity index (χ4v) is 2.05. The van der Waals surface area contributed by atoms with E-state index < -0.39 is 0 Å².